The van der Waals surface area contributed by atoms with Crippen LogP contribution in [0.3, 0.4) is 0 Å². The topological polar surface area (TPSA) is 90.1 Å². The zero-order valence-corrected chi connectivity index (χ0v) is 18.6. The molecule has 32 heavy (non-hydrogen) atoms. The van der Waals surface area contributed by atoms with Crippen molar-refractivity contribution in [1.82, 2.24) is 20.4 Å². The van der Waals surface area contributed by atoms with Crippen LogP contribution in [0.2, 0.25) is 0 Å². The molecular weight excluding hydrogens is 404 g/mol. The van der Waals surface area contributed by atoms with E-state index in [1.807, 2.05) is 13.8 Å². The number of rotatable bonds is 5. The molecule has 1 atom stereocenters. The molecule has 2 aromatic heterocycles. The van der Waals surface area contributed by atoms with E-state index in [1.165, 1.54) is 24.0 Å². The molecule has 1 aromatic carbocycles. The number of hydrogen-bond acceptors (Lipinski definition) is 6. The molecule has 2 heterocycles. The quantitative estimate of drug-likeness (QED) is 0.644. The first kappa shape index (κ1) is 20.7. The van der Waals surface area contributed by atoms with E-state index in [-0.39, 0.29) is 18.1 Å². The van der Waals surface area contributed by atoms with Gasteiger partial charge >= 0.3 is 6.01 Å². The Bertz CT molecular complexity index is 1100. The first-order chi connectivity index (χ1) is 15.6. The molecule has 2 aliphatic carbocycles. The summed E-state index contributed by atoms with van der Waals surface area (Å²) in [6.07, 6.45) is 10.4. The van der Waals surface area contributed by atoms with Crippen LogP contribution in [-0.4, -0.2) is 33.2 Å². The Balaban J connectivity index is 1.28. The Morgan fingerprint density at radius 1 is 1.12 bits per heavy atom. The third-order valence-corrected chi connectivity index (χ3v) is 6.59. The highest BCUT2D eigenvalue weighted by Crippen LogP contribution is 2.35. The van der Waals surface area contributed by atoms with Crippen molar-refractivity contribution >= 4 is 5.91 Å². The van der Waals surface area contributed by atoms with Crippen molar-refractivity contribution in [2.45, 2.75) is 70.9 Å². The Morgan fingerprint density at radius 3 is 2.62 bits per heavy atom. The molecule has 2 aliphatic rings. The van der Waals surface area contributed by atoms with Crippen LogP contribution in [0.1, 0.15) is 65.0 Å². The first-order valence-electron chi connectivity index (χ1n) is 11.4. The third kappa shape index (κ3) is 4.11. The zero-order chi connectivity index (χ0) is 22.1. The van der Waals surface area contributed by atoms with E-state index in [0.29, 0.717) is 11.6 Å². The van der Waals surface area contributed by atoms with Crippen LogP contribution in [0.15, 0.2) is 35.1 Å². The van der Waals surface area contributed by atoms with Crippen LogP contribution >= 0.6 is 0 Å². The monoisotopic (exact) mass is 432 g/mol. The van der Waals surface area contributed by atoms with Crippen molar-refractivity contribution in [3.05, 3.63) is 58.7 Å². The number of aromatic nitrogens is 3. The lowest BCUT2D eigenvalue weighted by Crippen LogP contribution is -2.39. The molecule has 1 fully saturated rings. The van der Waals surface area contributed by atoms with Gasteiger partial charge in [0.1, 0.15) is 11.9 Å². The number of ether oxygens (including phenoxy) is 1. The van der Waals surface area contributed by atoms with Crippen LogP contribution in [0.25, 0.3) is 11.1 Å². The summed E-state index contributed by atoms with van der Waals surface area (Å²) in [7, 11) is 0. The van der Waals surface area contributed by atoms with Gasteiger partial charge in [-0.1, -0.05) is 23.4 Å². The van der Waals surface area contributed by atoms with Gasteiger partial charge < -0.3 is 14.6 Å². The van der Waals surface area contributed by atoms with Crippen molar-refractivity contribution in [1.29, 1.82) is 0 Å². The minimum Gasteiger partial charge on any atom is -0.460 e. The molecule has 1 N–H and O–H groups in total. The number of benzene rings is 1. The van der Waals surface area contributed by atoms with E-state index in [0.717, 1.165) is 54.7 Å². The lowest BCUT2D eigenvalue weighted by molar-refractivity contribution is 0.0932. The van der Waals surface area contributed by atoms with Gasteiger partial charge in [0.05, 0.1) is 11.3 Å². The fraction of sp³-hybridized carbons (Fsp3) is 0.440. The smallest absolute Gasteiger partial charge is 0.316 e. The first-order valence-corrected chi connectivity index (χ1v) is 11.4. The number of nitrogens with zero attached hydrogens (tertiary/aromatic N) is 3. The van der Waals surface area contributed by atoms with E-state index in [4.69, 9.17) is 9.26 Å². The van der Waals surface area contributed by atoms with Gasteiger partial charge in [0.25, 0.3) is 5.91 Å². The molecule has 0 bridgehead atoms. The van der Waals surface area contributed by atoms with Gasteiger partial charge in [0.2, 0.25) is 0 Å². The second-order valence-corrected chi connectivity index (χ2v) is 8.83. The molecule has 0 radical (unpaired) electrons. The van der Waals surface area contributed by atoms with Gasteiger partial charge in [0, 0.05) is 24.0 Å². The molecule has 7 nitrogen and oxygen atoms in total. The number of hydrogen-bond donors (Lipinski definition) is 1. The van der Waals surface area contributed by atoms with E-state index in [2.05, 4.69) is 38.6 Å². The largest absolute Gasteiger partial charge is 0.460 e. The highest BCUT2D eigenvalue weighted by atomic mass is 16.5. The number of amides is 1. The Labute approximate surface area is 187 Å². The molecule has 166 valence electrons. The maximum Gasteiger partial charge on any atom is 0.316 e. The lowest BCUT2D eigenvalue weighted by atomic mass is 9.83. The van der Waals surface area contributed by atoms with Crippen LogP contribution in [-0.2, 0) is 12.8 Å². The van der Waals surface area contributed by atoms with E-state index in [1.54, 1.807) is 12.4 Å². The summed E-state index contributed by atoms with van der Waals surface area (Å²) < 4.78 is 11.2. The molecular formula is C25H28N4O3. The summed E-state index contributed by atoms with van der Waals surface area (Å²) in [4.78, 5) is 21.3. The van der Waals surface area contributed by atoms with Gasteiger partial charge in [-0.2, -0.15) is 0 Å². The molecule has 1 saturated carbocycles. The fourth-order valence-electron chi connectivity index (χ4n) is 4.93. The molecule has 7 heteroatoms. The molecule has 1 amide bonds. The van der Waals surface area contributed by atoms with E-state index in [9.17, 15) is 4.79 Å². The van der Waals surface area contributed by atoms with Gasteiger partial charge in [-0.15, -0.1) is 0 Å². The Hall–Kier alpha value is -3.22. The van der Waals surface area contributed by atoms with Crippen molar-refractivity contribution in [2.24, 2.45) is 0 Å². The minimum absolute atomic E-state index is 0.0473. The number of carbonyl (C=O) groups is 1. The number of fused-ring (bicyclic) bond motifs is 1. The van der Waals surface area contributed by atoms with E-state index < -0.39 is 0 Å². The average molecular weight is 433 g/mol. The zero-order valence-electron chi connectivity index (χ0n) is 18.6. The average Bonchev–Trinajstić information content (AvgIpc) is 3.43. The van der Waals surface area contributed by atoms with Crippen molar-refractivity contribution < 1.29 is 14.1 Å². The molecule has 0 spiro atoms. The summed E-state index contributed by atoms with van der Waals surface area (Å²) in [5.74, 6) is 0.666. The van der Waals surface area contributed by atoms with Gasteiger partial charge in [-0.3, -0.25) is 4.79 Å². The second kappa shape index (κ2) is 8.73. The van der Waals surface area contributed by atoms with Crippen molar-refractivity contribution in [3.8, 4) is 17.1 Å². The molecule has 3 aromatic rings. The Morgan fingerprint density at radius 2 is 1.91 bits per heavy atom. The number of carbonyl (C=O) groups excluding carboxylic acids is 1. The molecule has 0 saturated heterocycles. The highest BCUT2D eigenvalue weighted by molar-refractivity contribution is 5.93. The second-order valence-electron chi connectivity index (χ2n) is 8.83. The van der Waals surface area contributed by atoms with Crippen molar-refractivity contribution in [2.75, 3.05) is 0 Å². The maximum absolute atomic E-state index is 12.8. The highest BCUT2D eigenvalue weighted by Gasteiger charge is 2.25. The standard InChI is InChI=1S/C25H28N4O3/c1-15-23(16(2)32-29-15)21-9-5-6-17-10-11-19(12-22(17)21)28-24(30)18-13-26-25(27-14-18)31-20-7-3-4-8-20/h5-6,9,13-14,19-20H,3-4,7-8,10-12H2,1-2H3,(H,28,30)/t19-/m1/s1. The number of aryl methyl sites for hydroxylation is 3. The maximum atomic E-state index is 12.8. The predicted molar refractivity (Wildman–Crippen MR) is 120 cm³/mol. The van der Waals surface area contributed by atoms with Crippen LogP contribution < -0.4 is 10.1 Å². The summed E-state index contributed by atoms with van der Waals surface area (Å²) in [6.45, 7) is 3.91. The SMILES string of the molecule is Cc1noc(C)c1-c1cccc2c1C[C@H](NC(=O)c1cnc(OC3CCCC3)nc1)CC2. The summed E-state index contributed by atoms with van der Waals surface area (Å²) >= 11 is 0. The summed E-state index contributed by atoms with van der Waals surface area (Å²) in [5, 5.41) is 7.29. The van der Waals surface area contributed by atoms with Crippen LogP contribution in [0.5, 0.6) is 6.01 Å². The normalized spacial score (nSPS) is 18.4. The van der Waals surface area contributed by atoms with E-state index >= 15 is 0 Å². The van der Waals surface area contributed by atoms with Gasteiger partial charge in [-0.25, -0.2) is 9.97 Å². The van der Waals surface area contributed by atoms with Crippen LogP contribution in [0.4, 0.5) is 0 Å². The lowest BCUT2D eigenvalue weighted by Gasteiger charge is -2.27. The minimum atomic E-state index is -0.152. The summed E-state index contributed by atoms with van der Waals surface area (Å²) in [5.41, 5.74) is 6.13. The summed E-state index contributed by atoms with van der Waals surface area (Å²) in [6, 6.07) is 6.78. The third-order valence-electron chi connectivity index (χ3n) is 6.59. The molecule has 0 aliphatic heterocycles. The van der Waals surface area contributed by atoms with Gasteiger partial charge in [-0.05, 0) is 75.5 Å². The van der Waals surface area contributed by atoms with Gasteiger partial charge in [0.15, 0.2) is 0 Å². The van der Waals surface area contributed by atoms with Crippen LogP contribution in [0, 0.1) is 13.8 Å². The number of nitrogens with one attached hydrogen (secondary N) is 1. The predicted octanol–water partition coefficient (Wildman–Crippen LogP) is 4.36. The van der Waals surface area contributed by atoms with Crippen molar-refractivity contribution in [3.63, 3.8) is 0 Å². The Kier molecular flexibility index (Phi) is 5.64. The molecule has 5 rings (SSSR count). The fourth-order valence-corrected chi connectivity index (χ4v) is 4.93. The molecule has 0 unspecified atom stereocenters.